The molecule has 1 nitrogen and oxygen atoms in total. The van der Waals surface area contributed by atoms with Crippen molar-refractivity contribution in [2.75, 3.05) is 0 Å². The van der Waals surface area contributed by atoms with E-state index in [0.29, 0.717) is 23.8 Å². The van der Waals surface area contributed by atoms with Crippen LogP contribution in [0.5, 0.6) is 0 Å². The summed E-state index contributed by atoms with van der Waals surface area (Å²) in [6.07, 6.45) is 0. The second-order valence-electron chi connectivity index (χ2n) is 11.8. The molecule has 0 aliphatic carbocycles. The molecular weight excluding hydrogens is 410 g/mol. The molecule has 0 saturated carbocycles. The minimum atomic E-state index is 0.0236. The molecule has 178 valence electrons. The molecule has 0 saturated heterocycles. The van der Waals surface area contributed by atoms with Gasteiger partial charge in [0.15, 0.2) is 5.69 Å². The van der Waals surface area contributed by atoms with Crippen molar-refractivity contribution in [1.82, 2.24) is 0 Å². The number of hydrogen-bond donors (Lipinski definition) is 0. The smallest absolute Gasteiger partial charge is 0.198 e. The van der Waals surface area contributed by atoms with Gasteiger partial charge in [-0.3, -0.25) is 0 Å². The van der Waals surface area contributed by atoms with Crippen LogP contribution >= 0.6 is 0 Å². The molecule has 1 heterocycles. The second-order valence-corrected chi connectivity index (χ2v) is 11.8. The predicted octanol–water partition coefficient (Wildman–Crippen LogP) is 8.79. The third-order valence-electron chi connectivity index (χ3n) is 7.65. The first-order valence-electron chi connectivity index (χ1n) is 13.3. The van der Waals surface area contributed by atoms with Gasteiger partial charge in [0.05, 0.1) is 12.3 Å². The van der Waals surface area contributed by atoms with E-state index in [9.17, 15) is 0 Å². The molecule has 4 aromatic rings. The molecular formula is C33H42N+. The van der Waals surface area contributed by atoms with Gasteiger partial charge >= 0.3 is 0 Å². The number of pyridine rings is 1. The summed E-state index contributed by atoms with van der Waals surface area (Å²) in [6, 6.07) is 18.7. The molecule has 0 aliphatic heterocycles. The highest BCUT2D eigenvalue weighted by molar-refractivity contribution is 6.00. The fraction of sp³-hybridized carbons (Fsp3) is 0.424. The van der Waals surface area contributed by atoms with Crippen molar-refractivity contribution in [3.05, 3.63) is 77.0 Å². The van der Waals surface area contributed by atoms with E-state index >= 15 is 0 Å². The van der Waals surface area contributed by atoms with Crippen molar-refractivity contribution in [2.24, 2.45) is 18.9 Å². The zero-order valence-electron chi connectivity index (χ0n) is 23.8. The highest BCUT2D eigenvalue weighted by Gasteiger charge is 2.26. The lowest BCUT2D eigenvalue weighted by molar-refractivity contribution is -0.665. The predicted molar refractivity (Wildman–Crippen MR) is 149 cm³/mol. The number of benzene rings is 3. The summed E-state index contributed by atoms with van der Waals surface area (Å²) >= 11 is 0. The number of fused-ring (bicyclic) bond motifs is 2. The van der Waals surface area contributed by atoms with Crippen molar-refractivity contribution in [2.45, 2.75) is 73.6 Å². The summed E-state index contributed by atoms with van der Waals surface area (Å²) in [6.45, 7) is 20.5. The lowest BCUT2D eigenvalue weighted by atomic mass is 9.79. The van der Waals surface area contributed by atoms with Gasteiger partial charge in [-0.2, -0.15) is 4.57 Å². The van der Waals surface area contributed by atoms with E-state index in [0.717, 1.165) is 16.5 Å². The first-order valence-corrected chi connectivity index (χ1v) is 12.8. The minimum Gasteiger partial charge on any atom is -0.198 e. The van der Waals surface area contributed by atoms with Crippen LogP contribution in [0.1, 0.15) is 78.1 Å². The Hall–Kier alpha value is -2.67. The molecule has 34 heavy (non-hydrogen) atoms. The van der Waals surface area contributed by atoms with E-state index in [1.807, 2.05) is 0 Å². The number of hydrogen-bond acceptors (Lipinski definition) is 0. The number of aromatic nitrogens is 1. The van der Waals surface area contributed by atoms with Gasteiger partial charge in [0.2, 0.25) is 5.69 Å². The van der Waals surface area contributed by atoms with Gasteiger partial charge < -0.3 is 0 Å². The summed E-state index contributed by atoms with van der Waals surface area (Å²) in [5, 5.41) is 4.87. The van der Waals surface area contributed by atoms with Gasteiger partial charge in [0.25, 0.3) is 0 Å². The zero-order chi connectivity index (χ0) is 25.8. The Labute approximate surface area is 208 Å². The van der Waals surface area contributed by atoms with Crippen LogP contribution in [0.2, 0.25) is 0 Å². The van der Waals surface area contributed by atoms with E-state index in [2.05, 4.69) is 122 Å². The van der Waals surface area contributed by atoms with Crippen molar-refractivity contribution in [3.63, 3.8) is 0 Å². The molecule has 0 bridgehead atoms. The molecule has 0 N–H and O–H groups in total. The Kier molecular flexibility index (Phi) is 6.00. The van der Waals surface area contributed by atoms with Gasteiger partial charge in [0.1, 0.15) is 7.05 Å². The molecule has 4 rings (SSSR count). The molecule has 0 amide bonds. The van der Waals surface area contributed by atoms with Crippen molar-refractivity contribution < 1.29 is 5.94 Å². The Morgan fingerprint density at radius 1 is 0.824 bits per heavy atom. The number of aryl methyl sites for hydroxylation is 1. The van der Waals surface area contributed by atoms with Crippen LogP contribution in [0.3, 0.4) is 0 Å². The molecule has 1 aromatic heterocycles. The van der Waals surface area contributed by atoms with Crippen LogP contribution in [0.25, 0.3) is 32.8 Å². The van der Waals surface area contributed by atoms with Crippen molar-refractivity contribution in [3.8, 4) is 11.3 Å². The van der Waals surface area contributed by atoms with Crippen molar-refractivity contribution in [1.29, 1.82) is 0 Å². The zero-order valence-corrected chi connectivity index (χ0v) is 22.8. The summed E-state index contributed by atoms with van der Waals surface area (Å²) < 4.78 is 11.3. The monoisotopic (exact) mass is 453 g/mol. The van der Waals surface area contributed by atoms with E-state index in [4.69, 9.17) is 1.37 Å². The van der Waals surface area contributed by atoms with E-state index in [-0.39, 0.29) is 5.41 Å². The summed E-state index contributed by atoms with van der Waals surface area (Å²) in [4.78, 5) is 0. The van der Waals surface area contributed by atoms with Crippen LogP contribution in [-0.4, -0.2) is 0 Å². The third-order valence-corrected chi connectivity index (χ3v) is 7.65. The second kappa shape index (κ2) is 8.84. The highest BCUT2D eigenvalue weighted by atomic mass is 14.9. The summed E-state index contributed by atoms with van der Waals surface area (Å²) in [5.74, 6) is 1.59. The van der Waals surface area contributed by atoms with Crippen LogP contribution < -0.4 is 4.57 Å². The number of nitrogens with zero attached hydrogens (tertiary/aromatic N) is 1. The van der Waals surface area contributed by atoms with Gasteiger partial charge in [-0.1, -0.05) is 84.9 Å². The fourth-order valence-electron chi connectivity index (χ4n) is 5.96. The summed E-state index contributed by atoms with van der Waals surface area (Å²) in [7, 11) is 2.12. The van der Waals surface area contributed by atoms with Gasteiger partial charge in [-0.05, 0) is 75.1 Å². The Balaban J connectivity index is 2.12. The average Bonchev–Trinajstić information content (AvgIpc) is 2.78. The maximum Gasteiger partial charge on any atom is 0.220 e. The first kappa shape index (κ1) is 23.1. The average molecular weight is 454 g/mol. The molecule has 0 spiro atoms. The van der Waals surface area contributed by atoms with Crippen LogP contribution in [0.15, 0.2) is 54.6 Å². The third kappa shape index (κ3) is 4.15. The molecule has 0 unspecified atom stereocenters. The van der Waals surface area contributed by atoms with Gasteiger partial charge in [0, 0.05) is 13.0 Å². The Morgan fingerprint density at radius 2 is 1.44 bits per heavy atom. The standard InChI is InChI=1S/C33H42N/c1-20(2)31(21(3)4)24-15-16-27-25(18-24)17-22(5)34(10)32(27)29-19-30(33(7,8)9)28-14-12-11-13-26(28)23(29)6/h11-21,31H,1-10H3/q+1/i17D. The van der Waals surface area contributed by atoms with Gasteiger partial charge in [-0.25, -0.2) is 0 Å². The minimum absolute atomic E-state index is 0.0236. The molecule has 0 aliphatic rings. The van der Waals surface area contributed by atoms with Gasteiger partial charge in [-0.15, -0.1) is 0 Å². The fourth-order valence-corrected chi connectivity index (χ4v) is 5.96. The van der Waals surface area contributed by atoms with E-state index in [1.54, 1.807) is 0 Å². The highest BCUT2D eigenvalue weighted by Crippen LogP contribution is 2.40. The normalized spacial score (nSPS) is 13.0. The Bertz CT molecular complexity index is 1410. The van der Waals surface area contributed by atoms with Crippen LogP contribution in [-0.2, 0) is 12.5 Å². The molecule has 0 radical (unpaired) electrons. The van der Waals surface area contributed by atoms with E-state index < -0.39 is 0 Å². The largest absolute Gasteiger partial charge is 0.220 e. The topological polar surface area (TPSA) is 3.88 Å². The maximum atomic E-state index is 9.05. The quantitative estimate of drug-likeness (QED) is 0.272. The van der Waals surface area contributed by atoms with E-state index in [1.165, 1.54) is 38.7 Å². The molecule has 1 heteroatoms. The lowest BCUT2D eigenvalue weighted by Crippen LogP contribution is -2.35. The van der Waals surface area contributed by atoms with Crippen LogP contribution in [0, 0.1) is 25.7 Å². The maximum absolute atomic E-state index is 9.05. The lowest BCUT2D eigenvalue weighted by Gasteiger charge is -2.26. The first-order chi connectivity index (χ1) is 16.3. The Morgan fingerprint density at radius 3 is 2.03 bits per heavy atom. The summed E-state index contributed by atoms with van der Waals surface area (Å²) in [5.41, 5.74) is 7.51. The molecule has 0 atom stereocenters. The molecule has 3 aromatic carbocycles. The van der Waals surface area contributed by atoms with Crippen molar-refractivity contribution >= 4 is 21.5 Å². The number of rotatable bonds is 4. The molecule has 0 fully saturated rings. The SMILES string of the molecule is [2H]c1c(C)[n+](C)c(-c2cc(C(C)(C)C)c3ccccc3c2C)c2ccc(C(C(C)C)C(C)C)cc12. The van der Waals surface area contributed by atoms with Crippen LogP contribution in [0.4, 0.5) is 0 Å².